The van der Waals surface area contributed by atoms with Gasteiger partial charge in [0.2, 0.25) is 5.91 Å². The molecule has 0 aromatic heterocycles. The minimum Gasteiger partial charge on any atom is -0.434 e. The summed E-state index contributed by atoms with van der Waals surface area (Å²) < 4.78 is 9.70. The fourth-order valence-corrected chi connectivity index (χ4v) is 2.76. The first-order valence-electron chi connectivity index (χ1n) is 9.24. The molecule has 1 aromatic rings. The van der Waals surface area contributed by atoms with E-state index in [-0.39, 0.29) is 18.4 Å². The van der Waals surface area contributed by atoms with Crippen LogP contribution in [0, 0.1) is 0 Å². The van der Waals surface area contributed by atoms with Gasteiger partial charge in [0, 0.05) is 31.7 Å². The highest BCUT2D eigenvalue weighted by Crippen LogP contribution is 2.16. The Balaban J connectivity index is 1.94. The van der Waals surface area contributed by atoms with Crippen molar-refractivity contribution in [2.24, 2.45) is 0 Å². The SMILES string of the molecule is CC/C=C/C(=O)N1CCCN(C(=O)c2ccc(OC(=O)OCC)cc2)CC1. The van der Waals surface area contributed by atoms with E-state index >= 15 is 0 Å². The van der Waals surface area contributed by atoms with E-state index < -0.39 is 6.16 Å². The van der Waals surface area contributed by atoms with E-state index in [1.165, 1.54) is 0 Å². The van der Waals surface area contributed by atoms with E-state index in [0.717, 1.165) is 12.8 Å². The van der Waals surface area contributed by atoms with Gasteiger partial charge in [0.1, 0.15) is 5.75 Å². The topological polar surface area (TPSA) is 76.2 Å². The summed E-state index contributed by atoms with van der Waals surface area (Å²) in [5.74, 6) is 0.211. The predicted molar refractivity (Wildman–Crippen MR) is 101 cm³/mol. The van der Waals surface area contributed by atoms with Gasteiger partial charge in [-0.2, -0.15) is 0 Å². The molecule has 0 aliphatic carbocycles. The number of allylic oxidation sites excluding steroid dienone is 1. The number of carbonyl (C=O) groups excluding carboxylic acids is 3. The molecule has 7 nitrogen and oxygen atoms in total. The standard InChI is InChI=1S/C20H26N2O5/c1-3-5-7-18(23)21-12-6-13-22(15-14-21)19(24)16-8-10-17(11-9-16)27-20(25)26-4-2/h5,7-11H,3-4,6,12-15H2,1-2H3/b7-5+. The summed E-state index contributed by atoms with van der Waals surface area (Å²) >= 11 is 0. The van der Waals surface area contributed by atoms with E-state index in [4.69, 9.17) is 9.47 Å². The van der Waals surface area contributed by atoms with Crippen LogP contribution in [0.5, 0.6) is 5.75 Å². The van der Waals surface area contributed by atoms with Crippen molar-refractivity contribution in [3.05, 3.63) is 42.0 Å². The van der Waals surface area contributed by atoms with E-state index in [9.17, 15) is 14.4 Å². The molecule has 2 amide bonds. The molecule has 1 saturated heterocycles. The maximum absolute atomic E-state index is 12.7. The Hall–Kier alpha value is -2.83. The van der Waals surface area contributed by atoms with Crippen molar-refractivity contribution >= 4 is 18.0 Å². The zero-order chi connectivity index (χ0) is 19.6. The minimum absolute atomic E-state index is 0.00776. The second kappa shape index (κ2) is 10.4. The third-order valence-corrected chi connectivity index (χ3v) is 4.16. The van der Waals surface area contributed by atoms with Crippen LogP contribution in [-0.2, 0) is 9.53 Å². The van der Waals surface area contributed by atoms with Gasteiger partial charge in [0.05, 0.1) is 6.61 Å². The van der Waals surface area contributed by atoms with Crippen LogP contribution >= 0.6 is 0 Å². The lowest BCUT2D eigenvalue weighted by Gasteiger charge is -2.21. The third-order valence-electron chi connectivity index (χ3n) is 4.16. The smallest absolute Gasteiger partial charge is 0.434 e. The molecule has 1 heterocycles. The largest absolute Gasteiger partial charge is 0.513 e. The zero-order valence-corrected chi connectivity index (χ0v) is 15.8. The Labute approximate surface area is 159 Å². The van der Waals surface area contributed by atoms with Crippen LogP contribution in [0.3, 0.4) is 0 Å². The molecule has 27 heavy (non-hydrogen) atoms. The van der Waals surface area contributed by atoms with Gasteiger partial charge in [0.15, 0.2) is 0 Å². The zero-order valence-electron chi connectivity index (χ0n) is 15.8. The van der Waals surface area contributed by atoms with Gasteiger partial charge in [-0.1, -0.05) is 13.0 Å². The van der Waals surface area contributed by atoms with Gasteiger partial charge >= 0.3 is 6.16 Å². The molecule has 2 rings (SSSR count). The molecule has 0 spiro atoms. The van der Waals surface area contributed by atoms with Crippen LogP contribution in [0.1, 0.15) is 37.0 Å². The molecule has 1 fully saturated rings. The summed E-state index contributed by atoms with van der Waals surface area (Å²) in [6.07, 6.45) is 4.23. The average molecular weight is 374 g/mol. The lowest BCUT2D eigenvalue weighted by Crippen LogP contribution is -2.36. The highest BCUT2D eigenvalue weighted by Gasteiger charge is 2.22. The molecular weight excluding hydrogens is 348 g/mol. The van der Waals surface area contributed by atoms with Crippen molar-refractivity contribution in [1.29, 1.82) is 0 Å². The summed E-state index contributed by atoms with van der Waals surface area (Å²) in [6.45, 7) is 6.16. The number of benzene rings is 1. The second-order valence-electron chi connectivity index (χ2n) is 6.09. The first-order valence-corrected chi connectivity index (χ1v) is 9.24. The van der Waals surface area contributed by atoms with E-state index in [0.29, 0.717) is 37.5 Å². The van der Waals surface area contributed by atoms with Crippen molar-refractivity contribution in [2.45, 2.75) is 26.7 Å². The van der Waals surface area contributed by atoms with Crippen LogP contribution in [0.15, 0.2) is 36.4 Å². The summed E-state index contributed by atoms with van der Waals surface area (Å²) in [7, 11) is 0. The maximum Gasteiger partial charge on any atom is 0.513 e. The Morgan fingerprint density at radius 1 is 1.00 bits per heavy atom. The summed E-state index contributed by atoms with van der Waals surface area (Å²) in [5, 5.41) is 0. The molecule has 0 saturated carbocycles. The van der Waals surface area contributed by atoms with E-state index in [1.54, 1.807) is 47.1 Å². The van der Waals surface area contributed by atoms with Crippen LogP contribution in [0.4, 0.5) is 4.79 Å². The molecule has 146 valence electrons. The molecule has 1 aliphatic rings. The second-order valence-corrected chi connectivity index (χ2v) is 6.09. The van der Waals surface area contributed by atoms with Gasteiger partial charge < -0.3 is 19.3 Å². The number of rotatable bonds is 5. The molecular formula is C20H26N2O5. The monoisotopic (exact) mass is 374 g/mol. The van der Waals surface area contributed by atoms with Crippen LogP contribution in [-0.4, -0.2) is 60.6 Å². The van der Waals surface area contributed by atoms with Gasteiger partial charge in [-0.05, 0) is 50.1 Å². The highest BCUT2D eigenvalue weighted by molar-refractivity contribution is 5.94. The number of hydrogen-bond acceptors (Lipinski definition) is 5. The number of hydrogen-bond donors (Lipinski definition) is 0. The van der Waals surface area contributed by atoms with Crippen molar-refractivity contribution in [3.63, 3.8) is 0 Å². The van der Waals surface area contributed by atoms with Gasteiger partial charge in [-0.15, -0.1) is 0 Å². The Morgan fingerprint density at radius 2 is 1.67 bits per heavy atom. The quantitative estimate of drug-likeness (QED) is 0.450. The maximum atomic E-state index is 12.7. The number of amides is 2. The van der Waals surface area contributed by atoms with Crippen LogP contribution in [0.2, 0.25) is 0 Å². The Bertz CT molecular complexity index is 684. The van der Waals surface area contributed by atoms with Crippen molar-refractivity contribution in [1.82, 2.24) is 9.80 Å². The molecule has 0 radical (unpaired) electrons. The molecule has 0 unspecified atom stereocenters. The fraction of sp³-hybridized carbons (Fsp3) is 0.450. The van der Waals surface area contributed by atoms with Gasteiger partial charge in [-0.25, -0.2) is 4.79 Å². The third kappa shape index (κ3) is 6.13. The fourth-order valence-electron chi connectivity index (χ4n) is 2.76. The van der Waals surface area contributed by atoms with Crippen LogP contribution in [0.25, 0.3) is 0 Å². The first-order chi connectivity index (χ1) is 13.0. The van der Waals surface area contributed by atoms with Crippen molar-refractivity contribution in [2.75, 3.05) is 32.8 Å². The minimum atomic E-state index is -0.772. The molecule has 1 aromatic carbocycles. The normalized spacial score (nSPS) is 14.7. The number of nitrogens with zero attached hydrogens (tertiary/aromatic N) is 2. The lowest BCUT2D eigenvalue weighted by molar-refractivity contribution is -0.125. The first kappa shape index (κ1) is 20.5. The predicted octanol–water partition coefficient (Wildman–Crippen LogP) is 2.86. The highest BCUT2D eigenvalue weighted by atomic mass is 16.7. The summed E-state index contributed by atoms with van der Waals surface area (Å²) in [5.41, 5.74) is 0.511. The lowest BCUT2D eigenvalue weighted by atomic mass is 10.2. The average Bonchev–Trinajstić information content (AvgIpc) is 2.92. The molecule has 1 aliphatic heterocycles. The molecule has 0 atom stereocenters. The van der Waals surface area contributed by atoms with Crippen molar-refractivity contribution in [3.8, 4) is 5.75 Å². The van der Waals surface area contributed by atoms with Crippen molar-refractivity contribution < 1.29 is 23.9 Å². The van der Waals surface area contributed by atoms with Gasteiger partial charge in [-0.3, -0.25) is 9.59 Å². The summed E-state index contributed by atoms with van der Waals surface area (Å²) in [4.78, 5) is 39.7. The van der Waals surface area contributed by atoms with E-state index in [2.05, 4.69) is 0 Å². The molecule has 7 heteroatoms. The summed E-state index contributed by atoms with van der Waals surface area (Å²) in [6, 6.07) is 6.37. The Kier molecular flexibility index (Phi) is 7.85. The Morgan fingerprint density at radius 3 is 2.33 bits per heavy atom. The number of carbonyl (C=O) groups is 3. The molecule has 0 N–H and O–H groups in total. The number of ether oxygens (including phenoxy) is 2. The van der Waals surface area contributed by atoms with Gasteiger partial charge in [0.25, 0.3) is 5.91 Å². The van der Waals surface area contributed by atoms with E-state index in [1.807, 2.05) is 13.0 Å². The van der Waals surface area contributed by atoms with Crippen LogP contribution < -0.4 is 4.74 Å². The molecule has 0 bridgehead atoms.